The lowest BCUT2D eigenvalue weighted by molar-refractivity contribution is -0.330. The van der Waals surface area contributed by atoms with Crippen LogP contribution in [0.5, 0.6) is 0 Å². The summed E-state index contributed by atoms with van der Waals surface area (Å²) in [6, 6.07) is 0. The molecule has 46 heavy (non-hydrogen) atoms. The van der Waals surface area contributed by atoms with E-state index in [9.17, 15) is 35.4 Å². The summed E-state index contributed by atoms with van der Waals surface area (Å²) in [5, 5.41) is 65.5. The third kappa shape index (κ3) is 3.85. The van der Waals surface area contributed by atoms with Gasteiger partial charge in [0.05, 0.1) is 24.2 Å². The molecule has 6 N–H and O–H groups in total. The molecule has 3 aliphatic heterocycles. The monoisotopic (exact) mass is 648 g/mol. The van der Waals surface area contributed by atoms with E-state index in [0.717, 1.165) is 36.8 Å². The number of fused-ring (bicyclic) bond motifs is 7. The minimum atomic E-state index is -1.49. The Bertz CT molecular complexity index is 1330. The quantitative estimate of drug-likeness (QED) is 0.152. The van der Waals surface area contributed by atoms with E-state index < -0.39 is 65.4 Å². The molecule has 0 radical (unpaired) electrons. The molecule has 260 valence electrons. The van der Waals surface area contributed by atoms with Gasteiger partial charge in [0.25, 0.3) is 0 Å². The molecule has 0 aromatic carbocycles. The zero-order valence-electron chi connectivity index (χ0n) is 28.6. The summed E-state index contributed by atoms with van der Waals surface area (Å²) >= 11 is 0. The Morgan fingerprint density at radius 3 is 2.15 bits per heavy atom. The number of esters is 1. The highest BCUT2D eigenvalue weighted by Gasteiger charge is 2.75. The van der Waals surface area contributed by atoms with E-state index >= 15 is 0 Å². The highest BCUT2D eigenvalue weighted by atomic mass is 16.7. The van der Waals surface area contributed by atoms with Crippen molar-refractivity contribution in [3.63, 3.8) is 0 Å². The lowest BCUT2D eigenvalue weighted by Gasteiger charge is -2.73. The lowest BCUT2D eigenvalue weighted by Crippen LogP contribution is -2.72. The molecular formula is C36H56O10. The Hall–Kier alpha value is -1.11. The first-order valence-electron chi connectivity index (χ1n) is 17.6. The molecule has 10 heteroatoms. The first-order chi connectivity index (χ1) is 21.2. The van der Waals surface area contributed by atoms with E-state index in [-0.39, 0.29) is 40.2 Å². The lowest BCUT2D eigenvalue weighted by atomic mass is 9.33. The molecule has 0 aromatic rings. The molecule has 0 amide bonds. The van der Waals surface area contributed by atoms with Crippen LogP contribution in [-0.2, 0) is 19.0 Å². The van der Waals surface area contributed by atoms with Gasteiger partial charge in [-0.2, -0.15) is 0 Å². The van der Waals surface area contributed by atoms with Crippen molar-refractivity contribution in [1.82, 2.24) is 0 Å². The molecule has 15 atom stereocenters. The Morgan fingerprint density at radius 2 is 1.50 bits per heavy atom. The Balaban J connectivity index is 1.23. The van der Waals surface area contributed by atoms with Crippen molar-refractivity contribution in [3.05, 3.63) is 11.1 Å². The molecule has 1 unspecified atom stereocenters. The second kappa shape index (κ2) is 9.99. The fraction of sp³-hybridized carbons (Fsp3) is 0.917. The Labute approximate surface area is 272 Å². The van der Waals surface area contributed by atoms with Crippen LogP contribution in [0.15, 0.2) is 11.1 Å². The van der Waals surface area contributed by atoms with Crippen molar-refractivity contribution in [3.8, 4) is 0 Å². The van der Waals surface area contributed by atoms with E-state index in [1.807, 2.05) is 6.92 Å². The van der Waals surface area contributed by atoms with Gasteiger partial charge in [-0.25, -0.2) is 0 Å². The molecule has 5 aliphatic carbocycles. The van der Waals surface area contributed by atoms with Crippen molar-refractivity contribution in [2.45, 2.75) is 160 Å². The topological polar surface area (TPSA) is 166 Å². The minimum absolute atomic E-state index is 0.139. The predicted octanol–water partition coefficient (Wildman–Crippen LogP) is 2.74. The largest absolute Gasteiger partial charge is 0.455 e. The Kier molecular flexibility index (Phi) is 7.25. The summed E-state index contributed by atoms with van der Waals surface area (Å²) in [5.41, 5.74) is -2.68. The van der Waals surface area contributed by atoms with E-state index in [0.29, 0.717) is 32.1 Å². The van der Waals surface area contributed by atoms with Crippen molar-refractivity contribution in [2.75, 3.05) is 6.61 Å². The molecular weight excluding hydrogens is 592 g/mol. The number of aliphatic hydroxyl groups is 6. The van der Waals surface area contributed by atoms with Gasteiger partial charge >= 0.3 is 5.97 Å². The first-order valence-corrected chi connectivity index (χ1v) is 17.6. The van der Waals surface area contributed by atoms with Gasteiger partial charge in [-0.1, -0.05) is 34.6 Å². The van der Waals surface area contributed by atoms with Crippen molar-refractivity contribution in [2.24, 2.45) is 38.9 Å². The van der Waals surface area contributed by atoms with Crippen LogP contribution >= 0.6 is 0 Å². The molecule has 3 heterocycles. The summed E-state index contributed by atoms with van der Waals surface area (Å²) in [6.45, 7) is 14.6. The van der Waals surface area contributed by atoms with Crippen LogP contribution in [0.2, 0.25) is 0 Å². The Morgan fingerprint density at radius 1 is 0.826 bits per heavy atom. The molecule has 8 aliphatic rings. The molecule has 8 rings (SSSR count). The molecule has 2 bridgehead atoms. The number of ether oxygens (including phenoxy) is 3. The van der Waals surface area contributed by atoms with Gasteiger partial charge in [-0.3, -0.25) is 4.79 Å². The summed E-state index contributed by atoms with van der Waals surface area (Å²) in [5.74, 6) is 0.161. The second-order valence-electron chi connectivity index (χ2n) is 17.9. The molecule has 4 saturated carbocycles. The van der Waals surface area contributed by atoms with Crippen LogP contribution in [0.25, 0.3) is 0 Å². The fourth-order valence-corrected chi connectivity index (χ4v) is 12.7. The maximum Gasteiger partial charge on any atom is 0.317 e. The zero-order valence-corrected chi connectivity index (χ0v) is 28.6. The number of hydrogen-bond acceptors (Lipinski definition) is 10. The molecule has 7 fully saturated rings. The van der Waals surface area contributed by atoms with Crippen LogP contribution in [0, 0.1) is 38.9 Å². The number of carbonyl (C=O) groups excluding carboxylic acids is 1. The fourth-order valence-electron chi connectivity index (χ4n) is 12.7. The van der Waals surface area contributed by atoms with Gasteiger partial charge in [0.1, 0.15) is 35.6 Å². The van der Waals surface area contributed by atoms with Gasteiger partial charge in [-0.05, 0) is 116 Å². The average molecular weight is 649 g/mol. The van der Waals surface area contributed by atoms with Crippen LogP contribution in [0.1, 0.15) is 106 Å². The highest BCUT2D eigenvalue weighted by Crippen LogP contribution is 2.77. The van der Waals surface area contributed by atoms with Crippen LogP contribution in [-0.4, -0.2) is 97.3 Å². The van der Waals surface area contributed by atoms with E-state index in [1.54, 1.807) is 6.92 Å². The van der Waals surface area contributed by atoms with Crippen LogP contribution in [0.3, 0.4) is 0 Å². The summed E-state index contributed by atoms with van der Waals surface area (Å²) in [6.07, 6.45) is -1.10. The van der Waals surface area contributed by atoms with Crippen molar-refractivity contribution < 1.29 is 49.6 Å². The van der Waals surface area contributed by atoms with Gasteiger partial charge in [-0.15, -0.1) is 0 Å². The number of aliphatic hydroxyl groups excluding tert-OH is 5. The predicted molar refractivity (Wildman–Crippen MR) is 166 cm³/mol. The maximum absolute atomic E-state index is 13.6. The second-order valence-corrected chi connectivity index (χ2v) is 17.9. The molecule has 0 aromatic heterocycles. The summed E-state index contributed by atoms with van der Waals surface area (Å²) in [7, 11) is 0. The van der Waals surface area contributed by atoms with Crippen LogP contribution in [0.4, 0.5) is 0 Å². The van der Waals surface area contributed by atoms with Crippen LogP contribution < -0.4 is 0 Å². The highest BCUT2D eigenvalue weighted by molar-refractivity contribution is 5.86. The number of hydrogen-bond donors (Lipinski definition) is 6. The maximum atomic E-state index is 13.6. The van der Waals surface area contributed by atoms with Gasteiger partial charge in [0, 0.05) is 0 Å². The molecule has 3 saturated heterocycles. The van der Waals surface area contributed by atoms with Gasteiger partial charge in [0.2, 0.25) is 0 Å². The minimum Gasteiger partial charge on any atom is -0.455 e. The summed E-state index contributed by atoms with van der Waals surface area (Å²) < 4.78 is 18.1. The standard InChI is InChI=1S/C36H56O10/c1-30(2)20-8-11-32(4)21(31(20,3)10-9-22(30)45-28-26(41)25(40)24(39)19(17-37)44-28)16-18(38)23-27-35(7,43)34(6)13-15-36(27,29(42)46-34)14-12-33(23,32)5/h18-22,24-26,28,37-41,43H,8-17H2,1-7H3/t18-,19+,20-,21+,22-,24+,25-,26+,28-,31-,32+,33+,34-,35-,36?/m0/s1. The van der Waals surface area contributed by atoms with Gasteiger partial charge in [0.15, 0.2) is 6.29 Å². The zero-order chi connectivity index (χ0) is 33.6. The van der Waals surface area contributed by atoms with Crippen molar-refractivity contribution >= 4 is 5.97 Å². The van der Waals surface area contributed by atoms with E-state index in [1.165, 1.54) is 0 Å². The third-order valence-corrected chi connectivity index (χ3v) is 15.8. The van der Waals surface area contributed by atoms with Crippen molar-refractivity contribution in [1.29, 1.82) is 0 Å². The summed E-state index contributed by atoms with van der Waals surface area (Å²) in [4.78, 5) is 13.6. The first kappa shape index (κ1) is 33.4. The normalized spacial score (nSPS) is 57.6. The molecule has 10 nitrogen and oxygen atoms in total. The van der Waals surface area contributed by atoms with Gasteiger partial charge < -0.3 is 44.8 Å². The smallest absolute Gasteiger partial charge is 0.317 e. The number of carbonyl (C=O) groups is 1. The molecule has 1 spiro atoms. The SMILES string of the molecule is CC1(C)[C@@H](O[C@@H]2O[C@H](CO)[C@@H](O)[C@H](O)[C@H]2O)CC[C@]2(C)[C@H]3C[C@H](O)C4=C5C6(CC[C@](C)(OC6=O)[C@@]5(C)O)CC[C@@]4(C)[C@]3(C)CC[C@@H]12. The number of rotatable bonds is 3. The van der Waals surface area contributed by atoms with E-state index in [4.69, 9.17) is 14.2 Å². The third-order valence-electron chi connectivity index (χ3n) is 15.8. The van der Waals surface area contributed by atoms with E-state index in [2.05, 4.69) is 34.6 Å². The average Bonchev–Trinajstić information content (AvgIpc) is 2.97.